The molecule has 2 N–H and O–H groups in total. The SMILES string of the molecule is NC1(Cc2ccc(F)c(Br)c2)CCc2ccccc21. The van der Waals surface area contributed by atoms with Crippen LogP contribution >= 0.6 is 15.9 Å². The van der Waals surface area contributed by atoms with Gasteiger partial charge in [0.1, 0.15) is 5.82 Å². The van der Waals surface area contributed by atoms with Crippen LogP contribution in [-0.2, 0) is 18.4 Å². The van der Waals surface area contributed by atoms with E-state index >= 15 is 0 Å². The zero-order valence-corrected chi connectivity index (χ0v) is 12.1. The van der Waals surface area contributed by atoms with Crippen LogP contribution in [-0.4, -0.2) is 0 Å². The lowest BCUT2D eigenvalue weighted by atomic mass is 9.86. The minimum Gasteiger partial charge on any atom is -0.321 e. The molecule has 98 valence electrons. The Morgan fingerprint density at radius 1 is 1.21 bits per heavy atom. The summed E-state index contributed by atoms with van der Waals surface area (Å²) in [5, 5.41) is 0. The van der Waals surface area contributed by atoms with E-state index in [0.29, 0.717) is 4.47 Å². The Labute approximate surface area is 120 Å². The van der Waals surface area contributed by atoms with Crippen LogP contribution in [0.4, 0.5) is 4.39 Å². The topological polar surface area (TPSA) is 26.0 Å². The highest BCUT2D eigenvalue weighted by atomic mass is 79.9. The average molecular weight is 320 g/mol. The molecule has 0 spiro atoms. The maximum atomic E-state index is 13.3. The summed E-state index contributed by atoms with van der Waals surface area (Å²) in [6.07, 6.45) is 2.71. The van der Waals surface area contributed by atoms with Gasteiger partial charge in [0.05, 0.1) is 4.47 Å². The van der Waals surface area contributed by atoms with Crippen molar-refractivity contribution in [2.45, 2.75) is 24.8 Å². The molecule has 3 heteroatoms. The molecule has 19 heavy (non-hydrogen) atoms. The predicted molar refractivity (Wildman–Crippen MR) is 78.4 cm³/mol. The molecule has 1 nitrogen and oxygen atoms in total. The van der Waals surface area contributed by atoms with Gasteiger partial charge < -0.3 is 5.73 Å². The maximum absolute atomic E-state index is 13.3. The third-order valence-corrected chi connectivity index (χ3v) is 4.51. The van der Waals surface area contributed by atoms with Crippen molar-refractivity contribution in [2.24, 2.45) is 5.73 Å². The number of rotatable bonds is 2. The first-order chi connectivity index (χ1) is 9.08. The molecule has 1 atom stereocenters. The van der Waals surface area contributed by atoms with Crippen molar-refractivity contribution >= 4 is 15.9 Å². The fourth-order valence-electron chi connectivity index (χ4n) is 2.91. The lowest BCUT2D eigenvalue weighted by Gasteiger charge is -2.25. The third-order valence-electron chi connectivity index (χ3n) is 3.90. The predicted octanol–water partition coefficient (Wildman–Crippen LogP) is 3.93. The van der Waals surface area contributed by atoms with Crippen LogP contribution in [0.3, 0.4) is 0 Å². The second-order valence-corrected chi connectivity index (χ2v) is 6.09. The Morgan fingerprint density at radius 3 is 2.79 bits per heavy atom. The fourth-order valence-corrected chi connectivity index (χ4v) is 3.34. The Morgan fingerprint density at radius 2 is 2.00 bits per heavy atom. The van der Waals surface area contributed by atoms with Gasteiger partial charge in [-0.3, -0.25) is 0 Å². The van der Waals surface area contributed by atoms with Gasteiger partial charge in [-0.2, -0.15) is 0 Å². The number of nitrogens with two attached hydrogens (primary N) is 1. The second-order valence-electron chi connectivity index (χ2n) is 5.24. The molecule has 2 aromatic carbocycles. The van der Waals surface area contributed by atoms with Crippen LogP contribution in [0.15, 0.2) is 46.9 Å². The maximum Gasteiger partial charge on any atom is 0.137 e. The zero-order chi connectivity index (χ0) is 13.5. The largest absolute Gasteiger partial charge is 0.321 e. The van der Waals surface area contributed by atoms with Crippen molar-refractivity contribution in [3.8, 4) is 0 Å². The summed E-state index contributed by atoms with van der Waals surface area (Å²) in [5.41, 5.74) is 9.89. The van der Waals surface area contributed by atoms with E-state index in [1.807, 2.05) is 18.2 Å². The standard InChI is InChI=1S/C16H15BrFN/c17-14-9-11(5-6-15(14)18)10-16(19)8-7-12-3-1-2-4-13(12)16/h1-6,9H,7-8,10,19H2. The van der Waals surface area contributed by atoms with E-state index in [1.165, 1.54) is 17.2 Å². The molecule has 2 aromatic rings. The third kappa shape index (κ3) is 2.33. The van der Waals surface area contributed by atoms with Crippen LogP contribution in [0.2, 0.25) is 0 Å². The summed E-state index contributed by atoms with van der Waals surface area (Å²) in [4.78, 5) is 0. The number of hydrogen-bond acceptors (Lipinski definition) is 1. The van der Waals surface area contributed by atoms with Gasteiger partial charge in [-0.05, 0) is 64.0 Å². The molecule has 1 aliphatic carbocycles. The molecule has 0 fully saturated rings. The number of benzene rings is 2. The van der Waals surface area contributed by atoms with E-state index in [9.17, 15) is 4.39 Å². The Hall–Kier alpha value is -1.19. The molecule has 0 radical (unpaired) electrons. The van der Waals surface area contributed by atoms with Crippen LogP contribution < -0.4 is 5.73 Å². The van der Waals surface area contributed by atoms with Crippen molar-refractivity contribution in [1.82, 2.24) is 0 Å². The molecule has 0 aromatic heterocycles. The molecule has 3 rings (SSSR count). The van der Waals surface area contributed by atoms with E-state index in [2.05, 4.69) is 34.1 Å². The molecule has 0 bridgehead atoms. The molecule has 0 saturated carbocycles. The molecule has 1 aliphatic rings. The van der Waals surface area contributed by atoms with Gasteiger partial charge in [-0.25, -0.2) is 4.39 Å². The van der Waals surface area contributed by atoms with Gasteiger partial charge in [0.25, 0.3) is 0 Å². The Balaban J connectivity index is 1.93. The Kier molecular flexibility index (Phi) is 3.19. The molecule has 0 saturated heterocycles. The first kappa shape index (κ1) is 12.8. The highest BCUT2D eigenvalue weighted by molar-refractivity contribution is 9.10. The van der Waals surface area contributed by atoms with Crippen LogP contribution in [0, 0.1) is 5.82 Å². The van der Waals surface area contributed by atoms with Gasteiger partial charge in [0.15, 0.2) is 0 Å². The highest BCUT2D eigenvalue weighted by Gasteiger charge is 2.34. The molecular formula is C16H15BrFN. The number of hydrogen-bond donors (Lipinski definition) is 1. The summed E-state index contributed by atoms with van der Waals surface area (Å²) in [6, 6.07) is 13.5. The summed E-state index contributed by atoms with van der Waals surface area (Å²) < 4.78 is 13.8. The van der Waals surface area contributed by atoms with E-state index in [0.717, 1.165) is 24.8 Å². The van der Waals surface area contributed by atoms with Gasteiger partial charge in [0.2, 0.25) is 0 Å². The van der Waals surface area contributed by atoms with Crippen LogP contribution in [0.25, 0.3) is 0 Å². The van der Waals surface area contributed by atoms with Gasteiger partial charge in [-0.1, -0.05) is 30.3 Å². The first-order valence-electron chi connectivity index (χ1n) is 6.40. The zero-order valence-electron chi connectivity index (χ0n) is 10.5. The summed E-state index contributed by atoms with van der Waals surface area (Å²) in [6.45, 7) is 0. The van der Waals surface area contributed by atoms with Crippen molar-refractivity contribution in [1.29, 1.82) is 0 Å². The minimum atomic E-state index is -0.326. The number of aryl methyl sites for hydroxylation is 1. The van der Waals surface area contributed by atoms with E-state index in [1.54, 1.807) is 0 Å². The normalized spacial score (nSPS) is 21.4. The lowest BCUT2D eigenvalue weighted by Crippen LogP contribution is -2.36. The van der Waals surface area contributed by atoms with Gasteiger partial charge in [-0.15, -0.1) is 0 Å². The van der Waals surface area contributed by atoms with Crippen LogP contribution in [0.1, 0.15) is 23.1 Å². The van der Waals surface area contributed by atoms with Gasteiger partial charge in [0, 0.05) is 5.54 Å². The Bertz CT molecular complexity index is 626. The molecular weight excluding hydrogens is 305 g/mol. The van der Waals surface area contributed by atoms with Crippen molar-refractivity contribution < 1.29 is 4.39 Å². The van der Waals surface area contributed by atoms with Crippen molar-refractivity contribution in [3.63, 3.8) is 0 Å². The molecule has 0 amide bonds. The monoisotopic (exact) mass is 319 g/mol. The van der Waals surface area contributed by atoms with Gasteiger partial charge >= 0.3 is 0 Å². The molecule has 0 aliphatic heterocycles. The number of halogens is 2. The second kappa shape index (κ2) is 4.73. The number of fused-ring (bicyclic) bond motifs is 1. The average Bonchev–Trinajstić information content (AvgIpc) is 2.73. The van der Waals surface area contributed by atoms with E-state index < -0.39 is 0 Å². The van der Waals surface area contributed by atoms with Crippen molar-refractivity contribution in [2.75, 3.05) is 0 Å². The van der Waals surface area contributed by atoms with Crippen molar-refractivity contribution in [3.05, 3.63) is 69.4 Å². The summed E-state index contributed by atoms with van der Waals surface area (Å²) in [7, 11) is 0. The highest BCUT2D eigenvalue weighted by Crippen LogP contribution is 2.37. The van der Waals surface area contributed by atoms with Crippen LogP contribution in [0.5, 0.6) is 0 Å². The summed E-state index contributed by atoms with van der Waals surface area (Å²) >= 11 is 3.23. The van der Waals surface area contributed by atoms with E-state index in [-0.39, 0.29) is 11.4 Å². The lowest BCUT2D eigenvalue weighted by molar-refractivity contribution is 0.438. The fraction of sp³-hybridized carbons (Fsp3) is 0.250. The molecule has 0 heterocycles. The first-order valence-corrected chi connectivity index (χ1v) is 7.19. The smallest absolute Gasteiger partial charge is 0.137 e. The van der Waals surface area contributed by atoms with E-state index in [4.69, 9.17) is 5.73 Å². The quantitative estimate of drug-likeness (QED) is 0.891. The minimum absolute atomic E-state index is 0.235. The molecule has 1 unspecified atom stereocenters. The summed E-state index contributed by atoms with van der Waals surface area (Å²) in [5.74, 6) is -0.235.